The highest BCUT2D eigenvalue weighted by atomic mass is 19.4. The molecule has 148 valence electrons. The van der Waals surface area contributed by atoms with Crippen LogP contribution in [-0.2, 0) is 10.9 Å². The van der Waals surface area contributed by atoms with E-state index >= 15 is 0 Å². The van der Waals surface area contributed by atoms with Gasteiger partial charge in [0.05, 0.1) is 5.56 Å². The zero-order chi connectivity index (χ0) is 20.0. The molecule has 27 heavy (non-hydrogen) atoms. The molecule has 2 saturated heterocycles. The summed E-state index contributed by atoms with van der Waals surface area (Å²) < 4.78 is 44.8. The number of fused-ring (bicyclic) bond motifs is 2. The van der Waals surface area contributed by atoms with E-state index in [9.17, 15) is 22.8 Å². The van der Waals surface area contributed by atoms with Gasteiger partial charge in [0.1, 0.15) is 5.60 Å². The van der Waals surface area contributed by atoms with Crippen LogP contribution >= 0.6 is 0 Å². The van der Waals surface area contributed by atoms with Gasteiger partial charge in [-0.2, -0.15) is 13.2 Å². The Morgan fingerprint density at radius 1 is 1.15 bits per heavy atom. The van der Waals surface area contributed by atoms with Gasteiger partial charge in [0.15, 0.2) is 6.29 Å². The molecular formula is C19H23F3N2O3. The van der Waals surface area contributed by atoms with Crippen LogP contribution in [0.2, 0.25) is 0 Å². The van der Waals surface area contributed by atoms with Gasteiger partial charge in [0.25, 0.3) is 0 Å². The van der Waals surface area contributed by atoms with Crippen LogP contribution in [0.5, 0.6) is 0 Å². The normalized spacial score (nSPS) is 22.7. The number of benzene rings is 1. The fraction of sp³-hybridized carbons (Fsp3) is 0.579. The third-order valence-electron chi connectivity index (χ3n) is 4.90. The Morgan fingerprint density at radius 3 is 2.22 bits per heavy atom. The van der Waals surface area contributed by atoms with Crippen molar-refractivity contribution in [2.75, 3.05) is 18.0 Å². The predicted octanol–water partition coefficient (Wildman–Crippen LogP) is 4.11. The van der Waals surface area contributed by atoms with Crippen LogP contribution in [0.3, 0.4) is 0 Å². The van der Waals surface area contributed by atoms with E-state index in [1.807, 2.05) is 4.90 Å². The van der Waals surface area contributed by atoms with Crippen molar-refractivity contribution < 1.29 is 27.5 Å². The maximum absolute atomic E-state index is 13.1. The molecule has 0 N–H and O–H groups in total. The number of halogens is 3. The second kappa shape index (κ2) is 6.73. The molecule has 2 bridgehead atoms. The molecule has 0 saturated carbocycles. The van der Waals surface area contributed by atoms with Crippen molar-refractivity contribution in [2.24, 2.45) is 0 Å². The van der Waals surface area contributed by atoms with Crippen molar-refractivity contribution >= 4 is 18.1 Å². The minimum atomic E-state index is -4.48. The first-order valence-electron chi connectivity index (χ1n) is 8.92. The molecule has 2 aliphatic heterocycles. The molecule has 8 heteroatoms. The van der Waals surface area contributed by atoms with E-state index in [0.29, 0.717) is 19.4 Å². The number of anilines is 1. The van der Waals surface area contributed by atoms with Gasteiger partial charge < -0.3 is 14.5 Å². The number of alkyl halides is 3. The average molecular weight is 384 g/mol. The molecule has 3 rings (SSSR count). The van der Waals surface area contributed by atoms with E-state index in [2.05, 4.69) is 0 Å². The van der Waals surface area contributed by atoms with Crippen LogP contribution in [-0.4, -0.2) is 48.1 Å². The third kappa shape index (κ3) is 4.04. The molecule has 2 heterocycles. The topological polar surface area (TPSA) is 49.9 Å². The molecule has 2 atom stereocenters. The number of hydrogen-bond donors (Lipinski definition) is 0. The van der Waals surface area contributed by atoms with Gasteiger partial charge in [-0.1, -0.05) is 0 Å². The number of aldehydes is 1. The summed E-state index contributed by atoms with van der Waals surface area (Å²) in [6.45, 7) is 6.08. The zero-order valence-corrected chi connectivity index (χ0v) is 15.5. The molecule has 2 fully saturated rings. The van der Waals surface area contributed by atoms with Crippen molar-refractivity contribution in [3.8, 4) is 0 Å². The van der Waals surface area contributed by atoms with Crippen LogP contribution in [0.1, 0.15) is 49.5 Å². The molecule has 1 aromatic carbocycles. The van der Waals surface area contributed by atoms with Crippen LogP contribution in [0, 0.1) is 0 Å². The zero-order valence-electron chi connectivity index (χ0n) is 15.5. The molecular weight excluding hydrogens is 361 g/mol. The fourth-order valence-electron chi connectivity index (χ4n) is 3.82. The SMILES string of the molecule is CC(C)(C)OC(=O)N1CC2CCC(C1)N2c1cc(C(F)(F)F)ccc1C=O. The number of rotatable bonds is 2. The minimum Gasteiger partial charge on any atom is -0.444 e. The van der Waals surface area contributed by atoms with Crippen LogP contribution in [0.15, 0.2) is 18.2 Å². The van der Waals surface area contributed by atoms with Crippen molar-refractivity contribution in [1.82, 2.24) is 4.90 Å². The number of likely N-dealkylation sites (tertiary alicyclic amines) is 1. The standard InChI is InChI=1S/C19H23F3N2O3/c1-18(2,3)27-17(26)23-9-14-6-7-15(10-23)24(14)16-8-13(19(20,21)22)5-4-12(16)11-25/h4-5,8,11,14-15H,6-7,9-10H2,1-3H3. The highest BCUT2D eigenvalue weighted by Gasteiger charge is 2.43. The second-order valence-corrected chi connectivity index (χ2v) is 8.07. The lowest BCUT2D eigenvalue weighted by molar-refractivity contribution is -0.137. The Hall–Kier alpha value is -2.25. The summed E-state index contributed by atoms with van der Waals surface area (Å²) in [4.78, 5) is 27.3. The van der Waals surface area contributed by atoms with E-state index in [-0.39, 0.29) is 23.3 Å². The van der Waals surface area contributed by atoms with E-state index in [4.69, 9.17) is 4.74 Å². The molecule has 0 spiro atoms. The highest BCUT2D eigenvalue weighted by Crippen LogP contribution is 2.39. The molecule has 2 unspecified atom stereocenters. The summed E-state index contributed by atoms with van der Waals surface area (Å²) in [6, 6.07) is 2.90. The first kappa shape index (κ1) is 19.5. The van der Waals surface area contributed by atoms with Gasteiger partial charge >= 0.3 is 12.3 Å². The molecule has 0 aromatic heterocycles. The quantitative estimate of drug-likeness (QED) is 0.720. The Labute approximate surface area is 156 Å². The number of carbonyl (C=O) groups excluding carboxylic acids is 2. The fourth-order valence-corrected chi connectivity index (χ4v) is 3.82. The van der Waals surface area contributed by atoms with E-state index in [0.717, 1.165) is 25.0 Å². The first-order chi connectivity index (χ1) is 12.5. The van der Waals surface area contributed by atoms with Crippen molar-refractivity contribution in [3.05, 3.63) is 29.3 Å². The summed E-state index contributed by atoms with van der Waals surface area (Å²) in [5.41, 5.74) is -0.877. The number of nitrogens with zero attached hydrogens (tertiary/aromatic N) is 2. The summed E-state index contributed by atoms with van der Waals surface area (Å²) >= 11 is 0. The molecule has 1 aromatic rings. The van der Waals surface area contributed by atoms with E-state index in [1.54, 1.807) is 25.7 Å². The summed E-state index contributed by atoms with van der Waals surface area (Å²) in [6.07, 6.45) is -2.82. The molecule has 1 amide bonds. The molecule has 0 radical (unpaired) electrons. The van der Waals surface area contributed by atoms with Crippen LogP contribution in [0.4, 0.5) is 23.7 Å². The number of carbonyl (C=O) groups is 2. The summed E-state index contributed by atoms with van der Waals surface area (Å²) in [5, 5.41) is 0. The largest absolute Gasteiger partial charge is 0.444 e. The lowest BCUT2D eigenvalue weighted by Crippen LogP contribution is -2.56. The minimum absolute atomic E-state index is 0.140. The molecule has 0 aliphatic carbocycles. The van der Waals surface area contributed by atoms with Gasteiger partial charge in [-0.3, -0.25) is 4.79 Å². The third-order valence-corrected chi connectivity index (χ3v) is 4.90. The molecule has 5 nitrogen and oxygen atoms in total. The van der Waals surface area contributed by atoms with Gasteiger partial charge in [0, 0.05) is 36.4 Å². The smallest absolute Gasteiger partial charge is 0.416 e. The van der Waals surface area contributed by atoms with E-state index < -0.39 is 23.4 Å². The maximum Gasteiger partial charge on any atom is 0.416 e. The number of ether oxygens (including phenoxy) is 1. The van der Waals surface area contributed by atoms with Gasteiger partial charge in [-0.05, 0) is 51.8 Å². The van der Waals surface area contributed by atoms with Crippen molar-refractivity contribution in [2.45, 2.75) is 57.5 Å². The summed E-state index contributed by atoms with van der Waals surface area (Å²) in [7, 11) is 0. The van der Waals surface area contributed by atoms with Crippen molar-refractivity contribution in [1.29, 1.82) is 0 Å². The first-order valence-corrected chi connectivity index (χ1v) is 8.92. The Morgan fingerprint density at radius 2 is 1.74 bits per heavy atom. The lowest BCUT2D eigenvalue weighted by Gasteiger charge is -2.43. The van der Waals surface area contributed by atoms with Crippen LogP contribution in [0.25, 0.3) is 0 Å². The van der Waals surface area contributed by atoms with Crippen LogP contribution < -0.4 is 4.90 Å². The second-order valence-electron chi connectivity index (χ2n) is 8.07. The average Bonchev–Trinajstić information content (AvgIpc) is 2.80. The lowest BCUT2D eigenvalue weighted by atomic mass is 10.0. The van der Waals surface area contributed by atoms with Crippen molar-refractivity contribution in [3.63, 3.8) is 0 Å². The highest BCUT2D eigenvalue weighted by molar-refractivity contribution is 5.85. The number of piperazine rings is 1. The van der Waals surface area contributed by atoms with Gasteiger partial charge in [0.2, 0.25) is 0 Å². The molecule has 2 aliphatic rings. The van der Waals surface area contributed by atoms with Gasteiger partial charge in [-0.25, -0.2) is 4.79 Å². The Kier molecular flexibility index (Phi) is 4.86. The maximum atomic E-state index is 13.1. The monoisotopic (exact) mass is 384 g/mol. The number of hydrogen-bond acceptors (Lipinski definition) is 4. The summed E-state index contributed by atoms with van der Waals surface area (Å²) in [5.74, 6) is 0. The Bertz CT molecular complexity index is 729. The Balaban J connectivity index is 1.86. The van der Waals surface area contributed by atoms with E-state index in [1.165, 1.54) is 6.07 Å². The van der Waals surface area contributed by atoms with Gasteiger partial charge in [-0.15, -0.1) is 0 Å². The predicted molar refractivity (Wildman–Crippen MR) is 93.9 cm³/mol. The number of amides is 1.